The number of ether oxygens (including phenoxy) is 1. The molecule has 20 heavy (non-hydrogen) atoms. The fourth-order valence-electron chi connectivity index (χ4n) is 2.12. The zero-order valence-corrected chi connectivity index (χ0v) is 12.4. The van der Waals surface area contributed by atoms with Crippen molar-refractivity contribution in [3.05, 3.63) is 65.2 Å². The third-order valence-corrected chi connectivity index (χ3v) is 3.39. The molecule has 0 aliphatic carbocycles. The first-order chi connectivity index (χ1) is 9.83. The van der Waals surface area contributed by atoms with Crippen molar-refractivity contribution in [3.8, 4) is 0 Å². The van der Waals surface area contributed by atoms with Crippen LogP contribution >= 0.6 is 0 Å². The lowest BCUT2D eigenvalue weighted by Gasteiger charge is -2.12. The highest BCUT2D eigenvalue weighted by molar-refractivity contribution is 5.51. The minimum atomic E-state index is 0.661. The highest BCUT2D eigenvalue weighted by Gasteiger charge is 2.01. The molecule has 1 N–H and O–H groups in total. The summed E-state index contributed by atoms with van der Waals surface area (Å²) in [5.41, 5.74) is 5.04. The van der Waals surface area contributed by atoms with Crippen LogP contribution in [0.5, 0.6) is 0 Å². The van der Waals surface area contributed by atoms with Gasteiger partial charge in [0, 0.05) is 24.4 Å². The van der Waals surface area contributed by atoms with E-state index < -0.39 is 0 Å². The van der Waals surface area contributed by atoms with Gasteiger partial charge in [0.15, 0.2) is 0 Å². The molecular weight excluding hydrogens is 246 g/mol. The van der Waals surface area contributed by atoms with E-state index in [-0.39, 0.29) is 0 Å². The normalized spacial score (nSPS) is 10.5. The largest absolute Gasteiger partial charge is 0.381 e. The molecule has 0 aliphatic heterocycles. The van der Waals surface area contributed by atoms with Crippen LogP contribution in [0.3, 0.4) is 0 Å². The van der Waals surface area contributed by atoms with Gasteiger partial charge in [-0.05, 0) is 30.5 Å². The summed E-state index contributed by atoms with van der Waals surface area (Å²) in [6.45, 7) is 6.44. The van der Waals surface area contributed by atoms with Gasteiger partial charge in [0.05, 0.1) is 6.61 Å². The molecule has 0 saturated heterocycles. The predicted octanol–water partition coefficient (Wildman–Crippen LogP) is 4.40. The van der Waals surface area contributed by atoms with Gasteiger partial charge in [-0.2, -0.15) is 0 Å². The van der Waals surface area contributed by atoms with E-state index >= 15 is 0 Å². The zero-order valence-electron chi connectivity index (χ0n) is 12.4. The van der Waals surface area contributed by atoms with Gasteiger partial charge in [-0.15, -0.1) is 0 Å². The molecule has 0 spiro atoms. The lowest BCUT2D eigenvalue weighted by Crippen LogP contribution is -2.03. The number of aryl methyl sites for hydroxylation is 1. The first-order valence-electron chi connectivity index (χ1n) is 7.30. The molecule has 0 atom stereocenters. The average molecular weight is 269 g/mol. The molecule has 2 nitrogen and oxygen atoms in total. The van der Waals surface area contributed by atoms with Crippen LogP contribution in [0.25, 0.3) is 0 Å². The second kappa shape index (κ2) is 7.71. The molecule has 2 rings (SSSR count). The molecule has 0 amide bonds. The Balaban J connectivity index is 1.98. The van der Waals surface area contributed by atoms with Gasteiger partial charge in [-0.3, -0.25) is 0 Å². The Kier molecular flexibility index (Phi) is 5.63. The maximum Gasteiger partial charge on any atom is 0.0736 e. The summed E-state index contributed by atoms with van der Waals surface area (Å²) >= 11 is 0. The summed E-state index contributed by atoms with van der Waals surface area (Å²) in [6.07, 6.45) is 1.09. The lowest BCUT2D eigenvalue weighted by molar-refractivity contribution is 0.134. The Bertz CT molecular complexity index is 519. The molecular formula is C18H23NO. The summed E-state index contributed by atoms with van der Waals surface area (Å²) in [5.74, 6) is 0. The van der Waals surface area contributed by atoms with Crippen molar-refractivity contribution in [2.45, 2.75) is 33.4 Å². The highest BCUT2D eigenvalue weighted by Crippen LogP contribution is 2.17. The molecule has 2 aromatic rings. The van der Waals surface area contributed by atoms with Gasteiger partial charge in [0.1, 0.15) is 0 Å². The Morgan fingerprint density at radius 2 is 1.60 bits per heavy atom. The van der Waals surface area contributed by atoms with Gasteiger partial charge in [-0.1, -0.05) is 49.4 Å². The number of anilines is 1. The third kappa shape index (κ3) is 4.10. The molecule has 2 aromatic carbocycles. The molecule has 0 heterocycles. The number of nitrogens with one attached hydrogen (secondary N) is 1. The Morgan fingerprint density at radius 3 is 2.30 bits per heavy atom. The fourth-order valence-corrected chi connectivity index (χ4v) is 2.12. The van der Waals surface area contributed by atoms with Crippen molar-refractivity contribution in [3.63, 3.8) is 0 Å². The summed E-state index contributed by atoms with van der Waals surface area (Å²) in [7, 11) is 0. The van der Waals surface area contributed by atoms with Crippen molar-refractivity contribution in [1.82, 2.24) is 0 Å². The maximum absolute atomic E-state index is 5.50. The Labute approximate surface area is 121 Å². The van der Waals surface area contributed by atoms with E-state index in [1.165, 1.54) is 16.7 Å². The first-order valence-corrected chi connectivity index (χ1v) is 7.30. The van der Waals surface area contributed by atoms with Gasteiger partial charge in [0.25, 0.3) is 0 Å². The zero-order chi connectivity index (χ0) is 14.2. The number of rotatable bonds is 7. The van der Waals surface area contributed by atoms with Crippen LogP contribution in [0.1, 0.15) is 30.5 Å². The van der Waals surface area contributed by atoms with Crippen LogP contribution in [0.15, 0.2) is 48.5 Å². The smallest absolute Gasteiger partial charge is 0.0736 e. The molecule has 0 radical (unpaired) electrons. The highest BCUT2D eigenvalue weighted by atomic mass is 16.5. The molecule has 0 saturated carbocycles. The number of benzene rings is 2. The topological polar surface area (TPSA) is 21.3 Å². The Hall–Kier alpha value is -1.80. The molecule has 0 fully saturated rings. The van der Waals surface area contributed by atoms with Gasteiger partial charge in [-0.25, -0.2) is 0 Å². The van der Waals surface area contributed by atoms with E-state index in [0.717, 1.165) is 25.3 Å². The van der Waals surface area contributed by atoms with E-state index in [9.17, 15) is 0 Å². The monoisotopic (exact) mass is 269 g/mol. The van der Waals surface area contributed by atoms with Crippen molar-refractivity contribution in [2.24, 2.45) is 0 Å². The standard InChI is InChI=1S/C18H23NO/c1-3-15-9-11-16(12-10-15)13-19-18-8-6-5-7-17(18)14-20-4-2/h5-12,19H,3-4,13-14H2,1-2H3. The van der Waals surface area contributed by atoms with Crippen LogP contribution in [-0.2, 0) is 24.3 Å². The number of hydrogen-bond donors (Lipinski definition) is 1. The second-order valence-electron chi connectivity index (χ2n) is 4.82. The quantitative estimate of drug-likeness (QED) is 0.804. The molecule has 0 aliphatic rings. The van der Waals surface area contributed by atoms with Gasteiger partial charge >= 0.3 is 0 Å². The van der Waals surface area contributed by atoms with Crippen molar-refractivity contribution >= 4 is 5.69 Å². The van der Waals surface area contributed by atoms with Crippen molar-refractivity contribution < 1.29 is 4.74 Å². The summed E-state index contributed by atoms with van der Waals surface area (Å²) in [4.78, 5) is 0. The first kappa shape index (κ1) is 14.6. The maximum atomic E-state index is 5.50. The van der Waals surface area contributed by atoms with Crippen molar-refractivity contribution in [1.29, 1.82) is 0 Å². The molecule has 2 heteroatoms. The molecule has 0 unspecified atom stereocenters. The predicted molar refractivity (Wildman–Crippen MR) is 84.9 cm³/mol. The van der Waals surface area contributed by atoms with Crippen LogP contribution < -0.4 is 5.32 Å². The SMILES string of the molecule is CCOCc1ccccc1NCc1ccc(CC)cc1. The van der Waals surface area contributed by atoms with E-state index in [1.807, 2.05) is 6.92 Å². The minimum Gasteiger partial charge on any atom is -0.381 e. The third-order valence-electron chi connectivity index (χ3n) is 3.39. The Morgan fingerprint density at radius 1 is 0.900 bits per heavy atom. The van der Waals surface area contributed by atoms with E-state index in [1.54, 1.807) is 0 Å². The summed E-state index contributed by atoms with van der Waals surface area (Å²) in [5, 5.41) is 3.50. The summed E-state index contributed by atoms with van der Waals surface area (Å²) < 4.78 is 5.50. The van der Waals surface area contributed by atoms with Gasteiger partial charge < -0.3 is 10.1 Å². The van der Waals surface area contributed by atoms with Crippen molar-refractivity contribution in [2.75, 3.05) is 11.9 Å². The van der Waals surface area contributed by atoms with Crippen LogP contribution in [0, 0.1) is 0 Å². The molecule has 106 valence electrons. The van der Waals surface area contributed by atoms with E-state index in [2.05, 4.69) is 60.8 Å². The van der Waals surface area contributed by atoms with Crippen LogP contribution in [0.2, 0.25) is 0 Å². The van der Waals surface area contributed by atoms with E-state index in [0.29, 0.717) is 6.61 Å². The van der Waals surface area contributed by atoms with Crippen LogP contribution in [0.4, 0.5) is 5.69 Å². The second-order valence-corrected chi connectivity index (χ2v) is 4.82. The summed E-state index contributed by atoms with van der Waals surface area (Å²) in [6, 6.07) is 17.1. The number of para-hydroxylation sites is 1. The fraction of sp³-hybridized carbons (Fsp3) is 0.333. The lowest BCUT2D eigenvalue weighted by atomic mass is 10.1. The minimum absolute atomic E-state index is 0.661. The molecule has 0 aromatic heterocycles. The average Bonchev–Trinajstić information content (AvgIpc) is 2.52. The molecule has 0 bridgehead atoms. The van der Waals surface area contributed by atoms with Crippen LogP contribution in [-0.4, -0.2) is 6.61 Å². The van der Waals surface area contributed by atoms with Gasteiger partial charge in [0.2, 0.25) is 0 Å². The van der Waals surface area contributed by atoms with E-state index in [4.69, 9.17) is 4.74 Å². The number of hydrogen-bond acceptors (Lipinski definition) is 2.